The minimum atomic E-state index is -3.05. The summed E-state index contributed by atoms with van der Waals surface area (Å²) in [6, 6.07) is 4.69. The van der Waals surface area contributed by atoms with E-state index in [1.807, 2.05) is 0 Å². The lowest BCUT2D eigenvalue weighted by molar-refractivity contribution is 0.0252. The van der Waals surface area contributed by atoms with E-state index in [-0.39, 0.29) is 28.6 Å². The summed E-state index contributed by atoms with van der Waals surface area (Å²) >= 11 is 5.73. The molecule has 2 saturated heterocycles. The van der Waals surface area contributed by atoms with Crippen molar-refractivity contribution in [2.45, 2.75) is 18.6 Å². The van der Waals surface area contributed by atoms with Crippen molar-refractivity contribution >= 4 is 21.4 Å². The number of halogens is 2. The van der Waals surface area contributed by atoms with Crippen LogP contribution < -0.4 is 0 Å². The van der Waals surface area contributed by atoms with Gasteiger partial charge in [-0.15, -0.1) is 0 Å². The highest BCUT2D eigenvalue weighted by Gasteiger charge is 2.46. The molecular weight excluding hydrogens is 355 g/mol. The maximum Gasteiger partial charge on any atom is 0.153 e. The molecule has 134 valence electrons. The Kier molecular flexibility index (Phi) is 5.46. The minimum absolute atomic E-state index is 0.0175. The zero-order chi connectivity index (χ0) is 17.3. The van der Waals surface area contributed by atoms with Crippen LogP contribution in [0.2, 0.25) is 5.02 Å². The Bertz CT molecular complexity index is 701. The first-order valence-electron chi connectivity index (χ1n) is 8.01. The SMILES string of the molecule is COCCN1CCN(Cc2ccc(Cl)c(F)c2)[C@H]2CS(=O)(=O)C[C@H]21. The molecule has 5 nitrogen and oxygen atoms in total. The summed E-state index contributed by atoms with van der Waals surface area (Å²) in [7, 11) is -1.40. The van der Waals surface area contributed by atoms with Gasteiger partial charge in [0.2, 0.25) is 0 Å². The molecule has 0 radical (unpaired) electrons. The molecule has 0 amide bonds. The molecule has 0 N–H and O–H groups in total. The fourth-order valence-corrected chi connectivity index (χ4v) is 5.81. The molecule has 2 heterocycles. The maximum absolute atomic E-state index is 13.7. The number of ether oxygens (including phenoxy) is 1. The summed E-state index contributed by atoms with van der Waals surface area (Å²) in [4.78, 5) is 4.36. The Morgan fingerprint density at radius 2 is 1.92 bits per heavy atom. The third kappa shape index (κ3) is 3.91. The molecule has 0 unspecified atom stereocenters. The Labute approximate surface area is 147 Å². The van der Waals surface area contributed by atoms with E-state index in [0.717, 1.165) is 25.2 Å². The van der Waals surface area contributed by atoms with Gasteiger partial charge in [0, 0.05) is 45.4 Å². The monoisotopic (exact) mass is 376 g/mol. The van der Waals surface area contributed by atoms with Crippen molar-refractivity contribution in [1.29, 1.82) is 0 Å². The molecule has 0 saturated carbocycles. The van der Waals surface area contributed by atoms with Crippen molar-refractivity contribution in [1.82, 2.24) is 9.80 Å². The van der Waals surface area contributed by atoms with Crippen LogP contribution in [-0.2, 0) is 21.1 Å². The lowest BCUT2D eigenvalue weighted by Gasteiger charge is -2.44. The number of benzene rings is 1. The van der Waals surface area contributed by atoms with Crippen LogP contribution in [0.1, 0.15) is 5.56 Å². The van der Waals surface area contributed by atoms with Crippen LogP contribution in [0.3, 0.4) is 0 Å². The third-order valence-corrected chi connectivity index (χ3v) is 6.86. The average Bonchev–Trinajstić information content (AvgIpc) is 2.86. The molecule has 2 fully saturated rings. The highest BCUT2D eigenvalue weighted by Crippen LogP contribution is 2.28. The van der Waals surface area contributed by atoms with E-state index < -0.39 is 15.7 Å². The summed E-state index contributed by atoms with van der Waals surface area (Å²) in [6.07, 6.45) is 0. The topological polar surface area (TPSA) is 49.9 Å². The first-order chi connectivity index (χ1) is 11.4. The summed E-state index contributed by atoms with van der Waals surface area (Å²) in [5, 5.41) is 0.101. The number of nitrogens with zero attached hydrogens (tertiary/aromatic N) is 2. The molecule has 2 atom stereocenters. The van der Waals surface area contributed by atoms with Gasteiger partial charge < -0.3 is 4.74 Å². The van der Waals surface area contributed by atoms with Crippen molar-refractivity contribution in [3.63, 3.8) is 0 Å². The van der Waals surface area contributed by atoms with Gasteiger partial charge in [-0.05, 0) is 17.7 Å². The van der Waals surface area contributed by atoms with Gasteiger partial charge in [-0.1, -0.05) is 17.7 Å². The van der Waals surface area contributed by atoms with Crippen LogP contribution in [0.4, 0.5) is 4.39 Å². The highest BCUT2D eigenvalue weighted by atomic mass is 35.5. The van der Waals surface area contributed by atoms with E-state index in [4.69, 9.17) is 16.3 Å². The van der Waals surface area contributed by atoms with E-state index in [1.165, 1.54) is 6.07 Å². The van der Waals surface area contributed by atoms with Crippen LogP contribution in [0.15, 0.2) is 18.2 Å². The van der Waals surface area contributed by atoms with Crippen molar-refractivity contribution in [2.24, 2.45) is 0 Å². The van der Waals surface area contributed by atoms with E-state index in [9.17, 15) is 12.8 Å². The predicted octanol–water partition coefficient (Wildman–Crippen LogP) is 1.41. The zero-order valence-corrected chi connectivity index (χ0v) is 15.2. The van der Waals surface area contributed by atoms with E-state index in [2.05, 4.69) is 9.80 Å². The summed E-state index contributed by atoms with van der Waals surface area (Å²) in [5.41, 5.74) is 0.810. The van der Waals surface area contributed by atoms with Gasteiger partial charge in [-0.25, -0.2) is 12.8 Å². The van der Waals surface area contributed by atoms with Gasteiger partial charge >= 0.3 is 0 Å². The van der Waals surface area contributed by atoms with Gasteiger partial charge in [-0.2, -0.15) is 0 Å². The Balaban J connectivity index is 1.76. The van der Waals surface area contributed by atoms with E-state index in [1.54, 1.807) is 19.2 Å². The fraction of sp³-hybridized carbons (Fsp3) is 0.625. The molecule has 0 aliphatic carbocycles. The van der Waals surface area contributed by atoms with Crippen LogP contribution >= 0.6 is 11.6 Å². The van der Waals surface area contributed by atoms with Crippen LogP contribution in [0.5, 0.6) is 0 Å². The molecule has 2 aliphatic rings. The van der Waals surface area contributed by atoms with Crippen molar-refractivity contribution in [2.75, 3.05) is 44.9 Å². The van der Waals surface area contributed by atoms with E-state index in [0.29, 0.717) is 13.2 Å². The van der Waals surface area contributed by atoms with Crippen molar-refractivity contribution in [3.8, 4) is 0 Å². The summed E-state index contributed by atoms with van der Waals surface area (Å²) < 4.78 is 43.1. The third-order valence-electron chi connectivity index (χ3n) is 4.86. The second-order valence-electron chi connectivity index (χ2n) is 6.46. The molecule has 24 heavy (non-hydrogen) atoms. The zero-order valence-electron chi connectivity index (χ0n) is 13.6. The molecule has 8 heteroatoms. The smallest absolute Gasteiger partial charge is 0.153 e. The molecule has 0 aromatic heterocycles. The Hall–Kier alpha value is -0.730. The van der Waals surface area contributed by atoms with Crippen LogP contribution in [-0.4, -0.2) is 75.2 Å². The molecule has 3 rings (SSSR count). The number of rotatable bonds is 5. The van der Waals surface area contributed by atoms with Gasteiger partial charge in [0.05, 0.1) is 23.1 Å². The number of methoxy groups -OCH3 is 1. The first-order valence-corrected chi connectivity index (χ1v) is 10.2. The van der Waals surface area contributed by atoms with Gasteiger partial charge in [0.1, 0.15) is 5.82 Å². The number of hydrogen-bond donors (Lipinski definition) is 0. The molecule has 0 bridgehead atoms. The molecular formula is C16H22ClFN2O3S. The van der Waals surface area contributed by atoms with E-state index >= 15 is 0 Å². The summed E-state index contributed by atoms with van der Waals surface area (Å²) in [6.45, 7) is 3.39. The normalized spacial score (nSPS) is 27.3. The Morgan fingerprint density at radius 3 is 2.58 bits per heavy atom. The molecule has 0 spiro atoms. The second-order valence-corrected chi connectivity index (χ2v) is 9.02. The minimum Gasteiger partial charge on any atom is -0.383 e. The van der Waals surface area contributed by atoms with Crippen LogP contribution in [0, 0.1) is 5.82 Å². The van der Waals surface area contributed by atoms with Crippen LogP contribution in [0.25, 0.3) is 0 Å². The van der Waals surface area contributed by atoms with Gasteiger partial charge in [-0.3, -0.25) is 9.80 Å². The average molecular weight is 377 g/mol. The number of fused-ring (bicyclic) bond motifs is 1. The predicted molar refractivity (Wildman–Crippen MR) is 91.5 cm³/mol. The number of piperazine rings is 1. The standard InChI is InChI=1S/C16H22ClFN2O3S/c1-23-7-6-19-4-5-20(16-11-24(21,22)10-15(16)19)9-12-2-3-13(17)14(18)8-12/h2-3,8,15-16H,4-7,9-11H2,1H3/t15-,16+/m1/s1. The molecule has 2 aliphatic heterocycles. The van der Waals surface area contributed by atoms with Gasteiger partial charge in [0.25, 0.3) is 0 Å². The number of hydrogen-bond acceptors (Lipinski definition) is 5. The summed E-state index contributed by atoms with van der Waals surface area (Å²) in [5.74, 6) is -0.0899. The quantitative estimate of drug-likeness (QED) is 0.777. The lowest BCUT2D eigenvalue weighted by Crippen LogP contribution is -2.59. The largest absolute Gasteiger partial charge is 0.383 e. The first kappa shape index (κ1) is 18.1. The molecule has 1 aromatic carbocycles. The Morgan fingerprint density at radius 1 is 1.25 bits per heavy atom. The van der Waals surface area contributed by atoms with Crippen molar-refractivity contribution < 1.29 is 17.5 Å². The second kappa shape index (κ2) is 7.25. The lowest BCUT2D eigenvalue weighted by atomic mass is 10.0. The maximum atomic E-state index is 13.7. The van der Waals surface area contributed by atoms with Crippen molar-refractivity contribution in [3.05, 3.63) is 34.6 Å². The number of sulfone groups is 1. The fourth-order valence-electron chi connectivity index (χ4n) is 3.65. The highest BCUT2D eigenvalue weighted by molar-refractivity contribution is 7.91. The van der Waals surface area contributed by atoms with Gasteiger partial charge in [0.15, 0.2) is 9.84 Å². The molecule has 1 aromatic rings.